The van der Waals surface area contributed by atoms with E-state index in [1.165, 1.54) is 0 Å². The lowest BCUT2D eigenvalue weighted by Gasteiger charge is -2.37. The van der Waals surface area contributed by atoms with E-state index in [1.54, 1.807) is 7.11 Å². The maximum absolute atomic E-state index is 12.9. The number of hydrogen-bond acceptors (Lipinski definition) is 5. The highest BCUT2D eigenvalue weighted by Gasteiger charge is 2.45. The van der Waals surface area contributed by atoms with Crippen molar-refractivity contribution in [1.82, 2.24) is 9.80 Å². The summed E-state index contributed by atoms with van der Waals surface area (Å²) in [5.41, 5.74) is 0.868. The van der Waals surface area contributed by atoms with Gasteiger partial charge < -0.3 is 19.4 Å². The Balaban J connectivity index is 1.64. The van der Waals surface area contributed by atoms with Gasteiger partial charge in [0.05, 0.1) is 12.8 Å². The minimum absolute atomic E-state index is 0.0329. The maximum atomic E-state index is 12.9. The molecule has 1 saturated heterocycles. The standard InChI is InChI=1S/C18H25N3O3/c1-4-20-9-11-21(12-10-20)17(22)18(2)13-16(19-24-18)14-5-7-15(23-3)8-6-14/h5-8H,4,9-13H2,1-3H3/t18-/m1/s1. The lowest BCUT2D eigenvalue weighted by Crippen LogP contribution is -2.54. The van der Waals surface area contributed by atoms with Gasteiger partial charge in [0.25, 0.3) is 5.91 Å². The molecule has 2 aliphatic heterocycles. The summed E-state index contributed by atoms with van der Waals surface area (Å²) in [6.45, 7) is 8.36. The van der Waals surface area contributed by atoms with Gasteiger partial charge in [0.1, 0.15) is 5.75 Å². The fourth-order valence-electron chi connectivity index (χ4n) is 3.19. The number of ether oxygens (including phenoxy) is 1. The second-order valence-corrected chi connectivity index (χ2v) is 6.49. The van der Waals surface area contributed by atoms with Crippen molar-refractivity contribution in [3.8, 4) is 5.75 Å². The molecule has 1 amide bonds. The Hall–Kier alpha value is -2.08. The average molecular weight is 331 g/mol. The molecule has 0 aliphatic carbocycles. The molecule has 24 heavy (non-hydrogen) atoms. The molecule has 1 fully saturated rings. The molecule has 0 N–H and O–H groups in total. The fraction of sp³-hybridized carbons (Fsp3) is 0.556. The van der Waals surface area contributed by atoms with Crippen LogP contribution in [0.1, 0.15) is 25.8 Å². The molecule has 6 nitrogen and oxygen atoms in total. The highest BCUT2D eigenvalue weighted by Crippen LogP contribution is 2.29. The summed E-state index contributed by atoms with van der Waals surface area (Å²) in [5.74, 6) is 0.830. The first-order valence-corrected chi connectivity index (χ1v) is 8.47. The van der Waals surface area contributed by atoms with Gasteiger partial charge in [-0.25, -0.2) is 0 Å². The van der Waals surface area contributed by atoms with Crippen LogP contribution in [0.15, 0.2) is 29.4 Å². The topological polar surface area (TPSA) is 54.4 Å². The highest BCUT2D eigenvalue weighted by atomic mass is 16.7. The van der Waals surface area contributed by atoms with Crippen molar-refractivity contribution in [3.63, 3.8) is 0 Å². The van der Waals surface area contributed by atoms with Crippen molar-refractivity contribution in [2.45, 2.75) is 25.9 Å². The molecule has 1 aromatic carbocycles. The van der Waals surface area contributed by atoms with Crippen molar-refractivity contribution in [2.24, 2.45) is 5.16 Å². The van der Waals surface area contributed by atoms with E-state index in [0.29, 0.717) is 6.42 Å². The van der Waals surface area contributed by atoms with Gasteiger partial charge in [-0.3, -0.25) is 4.79 Å². The number of rotatable bonds is 4. The molecule has 1 atom stereocenters. The largest absolute Gasteiger partial charge is 0.497 e. The predicted octanol–water partition coefficient (Wildman–Crippen LogP) is 1.74. The number of carbonyl (C=O) groups is 1. The third-order valence-electron chi connectivity index (χ3n) is 4.84. The van der Waals surface area contributed by atoms with E-state index in [-0.39, 0.29) is 5.91 Å². The Morgan fingerprint density at radius 2 is 1.92 bits per heavy atom. The van der Waals surface area contributed by atoms with Crippen LogP contribution in [0.4, 0.5) is 0 Å². The van der Waals surface area contributed by atoms with Crippen molar-refractivity contribution in [1.29, 1.82) is 0 Å². The Morgan fingerprint density at radius 1 is 1.25 bits per heavy atom. The van der Waals surface area contributed by atoms with E-state index >= 15 is 0 Å². The van der Waals surface area contributed by atoms with E-state index in [0.717, 1.165) is 49.7 Å². The molecule has 6 heteroatoms. The zero-order chi connectivity index (χ0) is 17.2. The number of methoxy groups -OCH3 is 1. The van der Waals surface area contributed by atoms with Crippen molar-refractivity contribution in [3.05, 3.63) is 29.8 Å². The Bertz CT molecular complexity index is 621. The second-order valence-electron chi connectivity index (χ2n) is 6.49. The van der Waals surface area contributed by atoms with Gasteiger partial charge in [-0.2, -0.15) is 0 Å². The molecule has 3 rings (SSSR count). The molecule has 2 heterocycles. The van der Waals surface area contributed by atoms with Crippen LogP contribution in [0.3, 0.4) is 0 Å². The van der Waals surface area contributed by atoms with E-state index in [1.807, 2.05) is 36.1 Å². The average Bonchev–Trinajstić information content (AvgIpc) is 3.05. The van der Waals surface area contributed by atoms with Crippen LogP contribution in [0.25, 0.3) is 0 Å². The number of likely N-dealkylation sites (N-methyl/N-ethyl adjacent to an activating group) is 1. The zero-order valence-corrected chi connectivity index (χ0v) is 14.6. The summed E-state index contributed by atoms with van der Waals surface area (Å²) in [6, 6.07) is 7.66. The number of benzene rings is 1. The Labute approximate surface area is 143 Å². The molecule has 0 saturated carbocycles. The van der Waals surface area contributed by atoms with Crippen LogP contribution in [-0.4, -0.2) is 66.9 Å². The Morgan fingerprint density at radius 3 is 2.50 bits per heavy atom. The number of hydrogen-bond donors (Lipinski definition) is 0. The van der Waals surface area contributed by atoms with Crippen LogP contribution in [0.5, 0.6) is 5.75 Å². The summed E-state index contributed by atoms with van der Waals surface area (Å²) in [5, 5.41) is 4.18. The van der Waals surface area contributed by atoms with Gasteiger partial charge >= 0.3 is 0 Å². The second kappa shape index (κ2) is 6.81. The molecular weight excluding hydrogens is 306 g/mol. The van der Waals surface area contributed by atoms with Gasteiger partial charge in [0.15, 0.2) is 0 Å². The number of nitrogens with zero attached hydrogens (tertiary/aromatic N) is 3. The first-order chi connectivity index (χ1) is 11.6. The van der Waals surface area contributed by atoms with Crippen molar-refractivity contribution < 1.29 is 14.4 Å². The van der Waals surface area contributed by atoms with E-state index < -0.39 is 5.60 Å². The SMILES string of the molecule is CCN1CCN(C(=O)[C@@]2(C)CC(c3ccc(OC)cc3)=NO2)CC1. The third kappa shape index (κ3) is 3.24. The summed E-state index contributed by atoms with van der Waals surface area (Å²) < 4.78 is 5.17. The highest BCUT2D eigenvalue weighted by molar-refractivity contribution is 6.05. The lowest BCUT2D eigenvalue weighted by atomic mass is 9.94. The minimum atomic E-state index is -0.899. The van der Waals surface area contributed by atoms with Crippen LogP contribution >= 0.6 is 0 Å². The zero-order valence-electron chi connectivity index (χ0n) is 14.6. The smallest absolute Gasteiger partial charge is 0.269 e. The third-order valence-corrected chi connectivity index (χ3v) is 4.84. The van der Waals surface area contributed by atoms with Crippen molar-refractivity contribution >= 4 is 11.6 Å². The summed E-state index contributed by atoms with van der Waals surface area (Å²) >= 11 is 0. The first-order valence-electron chi connectivity index (χ1n) is 8.47. The molecule has 0 unspecified atom stereocenters. The molecule has 130 valence electrons. The van der Waals surface area contributed by atoms with Gasteiger partial charge in [0, 0.05) is 32.6 Å². The lowest BCUT2D eigenvalue weighted by molar-refractivity contribution is -0.155. The number of amides is 1. The van der Waals surface area contributed by atoms with Crippen LogP contribution in [0, 0.1) is 0 Å². The molecule has 0 radical (unpaired) electrons. The van der Waals surface area contributed by atoms with Crippen molar-refractivity contribution in [2.75, 3.05) is 39.8 Å². The maximum Gasteiger partial charge on any atom is 0.269 e. The Kier molecular flexibility index (Phi) is 4.76. The van der Waals surface area contributed by atoms with Gasteiger partial charge in [-0.05, 0) is 43.3 Å². The fourth-order valence-corrected chi connectivity index (χ4v) is 3.19. The van der Waals surface area contributed by atoms with E-state index in [2.05, 4.69) is 17.0 Å². The summed E-state index contributed by atoms with van der Waals surface area (Å²) in [4.78, 5) is 22.7. The van der Waals surface area contributed by atoms with Gasteiger partial charge in [0.2, 0.25) is 5.60 Å². The molecular formula is C18H25N3O3. The monoisotopic (exact) mass is 331 g/mol. The van der Waals surface area contributed by atoms with Crippen LogP contribution in [0.2, 0.25) is 0 Å². The number of carbonyl (C=O) groups excluding carboxylic acids is 1. The summed E-state index contributed by atoms with van der Waals surface area (Å²) in [6.07, 6.45) is 0.492. The van der Waals surface area contributed by atoms with Crippen LogP contribution < -0.4 is 4.74 Å². The molecule has 0 aromatic heterocycles. The predicted molar refractivity (Wildman–Crippen MR) is 92.3 cm³/mol. The number of piperazine rings is 1. The van der Waals surface area contributed by atoms with E-state index in [4.69, 9.17) is 9.57 Å². The van der Waals surface area contributed by atoms with Gasteiger partial charge in [-0.15, -0.1) is 0 Å². The van der Waals surface area contributed by atoms with Crippen LogP contribution in [-0.2, 0) is 9.63 Å². The molecule has 1 aromatic rings. The molecule has 0 spiro atoms. The first kappa shape index (κ1) is 16.8. The summed E-state index contributed by atoms with van der Waals surface area (Å²) in [7, 11) is 1.64. The molecule has 2 aliphatic rings. The minimum Gasteiger partial charge on any atom is -0.497 e. The normalized spacial score (nSPS) is 24.5. The molecule has 0 bridgehead atoms. The number of oxime groups is 1. The van der Waals surface area contributed by atoms with Gasteiger partial charge in [-0.1, -0.05) is 12.1 Å². The quantitative estimate of drug-likeness (QED) is 0.843. The van der Waals surface area contributed by atoms with E-state index in [9.17, 15) is 4.79 Å².